The van der Waals surface area contributed by atoms with Crippen molar-refractivity contribution in [3.8, 4) is 0 Å². The zero-order chi connectivity index (χ0) is 27.0. The maximum absolute atomic E-state index is 6.44. The normalized spacial score (nSPS) is 48.5. The maximum atomic E-state index is 6.44. The molecule has 6 aliphatic carbocycles. The van der Waals surface area contributed by atoms with Crippen molar-refractivity contribution in [3.05, 3.63) is 0 Å². The minimum absolute atomic E-state index is 0.421. The lowest BCUT2D eigenvalue weighted by atomic mass is 9.47. The Hall–Kier alpha value is 0.520. The first kappa shape index (κ1) is 28.3. The second-order valence-electron chi connectivity index (χ2n) is 16.8. The Kier molecular flexibility index (Phi) is 7.69. The highest BCUT2D eigenvalue weighted by atomic mass is 35.5. The molecular formula is C34H58ClN3S. The van der Waals surface area contributed by atoms with Crippen molar-refractivity contribution >= 4 is 23.5 Å². The third-order valence-corrected chi connectivity index (χ3v) is 15.4. The van der Waals surface area contributed by atoms with Crippen LogP contribution >= 0.6 is 23.5 Å². The Morgan fingerprint density at radius 3 is 2.26 bits per heavy atom. The molecule has 7 aliphatic rings. The quantitative estimate of drug-likeness (QED) is 0.144. The van der Waals surface area contributed by atoms with Crippen molar-refractivity contribution < 1.29 is 0 Å². The van der Waals surface area contributed by atoms with Crippen molar-refractivity contribution in [2.45, 2.75) is 110 Å². The molecule has 6 atom stereocenters. The van der Waals surface area contributed by atoms with Crippen molar-refractivity contribution in [2.24, 2.45) is 63.6 Å². The van der Waals surface area contributed by atoms with Gasteiger partial charge in [0.1, 0.15) is 0 Å². The third-order valence-electron chi connectivity index (χ3n) is 13.9. The van der Waals surface area contributed by atoms with Gasteiger partial charge in [0.05, 0.1) is 0 Å². The predicted octanol–water partition coefficient (Wildman–Crippen LogP) is 7.45. The summed E-state index contributed by atoms with van der Waals surface area (Å²) in [6, 6.07) is 0.614. The fourth-order valence-corrected chi connectivity index (χ4v) is 13.2. The molecule has 0 aromatic carbocycles. The largest absolute Gasteiger partial charge is 0.312 e. The van der Waals surface area contributed by atoms with Crippen molar-refractivity contribution in [3.63, 3.8) is 0 Å². The van der Waals surface area contributed by atoms with Gasteiger partial charge < -0.3 is 10.2 Å². The average Bonchev–Trinajstić information content (AvgIpc) is 3.76. The molecule has 39 heavy (non-hydrogen) atoms. The molecule has 1 spiro atoms. The van der Waals surface area contributed by atoms with E-state index < -0.39 is 0 Å². The summed E-state index contributed by atoms with van der Waals surface area (Å²) in [6.07, 6.45) is 15.5. The maximum Gasteiger partial charge on any atom is 0.0336 e. The van der Waals surface area contributed by atoms with Crippen molar-refractivity contribution in [2.75, 3.05) is 38.5 Å². The molecular weight excluding hydrogens is 518 g/mol. The molecule has 0 radical (unpaired) electrons. The molecule has 2 N–H and O–H groups in total. The lowest BCUT2D eigenvalue weighted by Crippen LogP contribution is -2.54. The molecule has 1 aliphatic heterocycles. The summed E-state index contributed by atoms with van der Waals surface area (Å²) in [6.45, 7) is 16.2. The molecule has 0 bridgehead atoms. The number of halogens is 1. The minimum atomic E-state index is 0.421. The third kappa shape index (κ3) is 4.89. The number of piperidine rings is 1. The Balaban J connectivity index is 0.824. The molecule has 1 heterocycles. The van der Waals surface area contributed by atoms with E-state index in [1.54, 1.807) is 12.8 Å². The summed E-state index contributed by atoms with van der Waals surface area (Å²) in [7, 11) is 0. The van der Waals surface area contributed by atoms with Gasteiger partial charge in [0.2, 0.25) is 0 Å². The van der Waals surface area contributed by atoms with Crippen LogP contribution < -0.4 is 10.0 Å². The summed E-state index contributed by atoms with van der Waals surface area (Å²) in [5, 5.41) is 4.55. The molecule has 7 rings (SSSR count). The van der Waals surface area contributed by atoms with E-state index in [2.05, 4.69) is 54.6 Å². The molecule has 0 aromatic heterocycles. The fourth-order valence-electron chi connectivity index (χ4n) is 11.7. The molecule has 222 valence electrons. The Morgan fingerprint density at radius 2 is 1.64 bits per heavy atom. The van der Waals surface area contributed by atoms with Crippen LogP contribution in [0.1, 0.15) is 98.3 Å². The van der Waals surface area contributed by atoms with Crippen LogP contribution in [0.15, 0.2) is 0 Å². The highest BCUT2D eigenvalue weighted by Gasteiger charge is 3.04. The second-order valence-corrected chi connectivity index (χ2v) is 18.3. The van der Waals surface area contributed by atoms with E-state index in [4.69, 9.17) is 11.6 Å². The second kappa shape index (κ2) is 10.6. The minimum Gasteiger partial charge on any atom is -0.312 e. The lowest BCUT2D eigenvalue weighted by Gasteiger charge is -2.59. The van der Waals surface area contributed by atoms with E-state index in [1.165, 1.54) is 114 Å². The summed E-state index contributed by atoms with van der Waals surface area (Å²) in [4.78, 5) is 2.81. The Bertz CT molecular complexity index is 870. The van der Waals surface area contributed by atoms with Gasteiger partial charge in [0.15, 0.2) is 0 Å². The van der Waals surface area contributed by atoms with E-state index in [-0.39, 0.29) is 0 Å². The molecule has 3 nitrogen and oxygen atoms in total. The van der Waals surface area contributed by atoms with Gasteiger partial charge in [0, 0.05) is 36.8 Å². The number of nitrogens with zero attached hydrogens (tertiary/aromatic N) is 1. The molecule has 0 aromatic rings. The first-order valence-corrected chi connectivity index (χ1v) is 18.6. The summed E-state index contributed by atoms with van der Waals surface area (Å²) < 4.78 is 3.86. The van der Waals surface area contributed by atoms with Gasteiger partial charge >= 0.3 is 0 Å². The number of nitrogens with one attached hydrogen (secondary N) is 2. The molecule has 0 amide bonds. The lowest BCUT2D eigenvalue weighted by molar-refractivity contribution is -0.0838. The van der Waals surface area contributed by atoms with Gasteiger partial charge in [-0.1, -0.05) is 46.1 Å². The van der Waals surface area contributed by atoms with Crippen molar-refractivity contribution in [1.82, 2.24) is 14.9 Å². The zero-order valence-corrected chi connectivity index (χ0v) is 27.1. The van der Waals surface area contributed by atoms with Crippen LogP contribution in [0.4, 0.5) is 0 Å². The molecule has 7 fully saturated rings. The van der Waals surface area contributed by atoms with E-state index in [9.17, 15) is 0 Å². The van der Waals surface area contributed by atoms with Crippen LogP contribution in [0, 0.1) is 63.6 Å². The number of rotatable bonds is 12. The summed E-state index contributed by atoms with van der Waals surface area (Å²) in [5.41, 5.74) is 2.18. The zero-order valence-electron chi connectivity index (χ0n) is 25.5. The summed E-state index contributed by atoms with van der Waals surface area (Å²) >= 11 is 8.54. The summed E-state index contributed by atoms with van der Waals surface area (Å²) in [5.74, 6) is 9.27. The van der Waals surface area contributed by atoms with Crippen LogP contribution in [0.5, 0.6) is 0 Å². The molecule has 1 saturated heterocycles. The fraction of sp³-hybridized carbons (Fsp3) is 1.00. The predicted molar refractivity (Wildman–Crippen MR) is 167 cm³/mol. The monoisotopic (exact) mass is 575 g/mol. The van der Waals surface area contributed by atoms with Crippen LogP contribution in [0.3, 0.4) is 0 Å². The van der Waals surface area contributed by atoms with Crippen molar-refractivity contribution in [1.29, 1.82) is 0 Å². The van der Waals surface area contributed by atoms with E-state index in [1.807, 2.05) is 0 Å². The first-order valence-electron chi connectivity index (χ1n) is 17.2. The van der Waals surface area contributed by atoms with E-state index in [0.717, 1.165) is 34.5 Å². The number of hydrogen-bond donors (Lipinski definition) is 2. The number of likely N-dealkylation sites (tertiary alicyclic amines) is 1. The number of hydrogen-bond acceptors (Lipinski definition) is 4. The van der Waals surface area contributed by atoms with Gasteiger partial charge in [0.25, 0.3) is 0 Å². The smallest absolute Gasteiger partial charge is 0.0336 e. The number of fused-ring (bicyclic) bond motifs is 2. The van der Waals surface area contributed by atoms with Gasteiger partial charge in [-0.2, -0.15) is 0 Å². The van der Waals surface area contributed by atoms with E-state index >= 15 is 0 Å². The topological polar surface area (TPSA) is 27.3 Å². The van der Waals surface area contributed by atoms with Gasteiger partial charge in [-0.25, -0.2) is 0 Å². The van der Waals surface area contributed by atoms with Crippen LogP contribution in [-0.4, -0.2) is 54.8 Å². The highest BCUT2D eigenvalue weighted by Crippen LogP contribution is 3.08. The van der Waals surface area contributed by atoms with Gasteiger partial charge in [-0.3, -0.25) is 4.72 Å². The number of alkyl halides is 1. The van der Waals surface area contributed by atoms with Crippen LogP contribution in [0.2, 0.25) is 0 Å². The molecule has 4 unspecified atom stereocenters. The van der Waals surface area contributed by atoms with Crippen LogP contribution in [0.25, 0.3) is 0 Å². The highest BCUT2D eigenvalue weighted by molar-refractivity contribution is 7.97. The Labute approximate surface area is 249 Å². The SMILES string of the molecule is CC(C)[C@H](CN1CC[C@H](C2CCC(Cl)CC2)C(C)(C)C1)NCC1CCCC(CNSCC23CC4C5C(C2)C453)C1. The molecule has 6 saturated carbocycles. The first-order chi connectivity index (χ1) is 18.7. The van der Waals surface area contributed by atoms with Gasteiger partial charge in [-0.15, -0.1) is 11.6 Å². The molecule has 5 heteroatoms. The standard InChI is InChI=1S/C34H58ClN3S/c1-22(2)30(19-38-13-12-27(32(3,4)20-38)25-8-10-26(35)11-9-25)36-17-23-6-5-7-24(14-23)18-37-39-21-33-15-28-31-29(16-33)34(28,31)33/h22-31,36-37H,5-21H2,1-4H3/t23?,24?,25?,26?,27-,28?,29?,30+,31?,33?,34?/m1/s1. The van der Waals surface area contributed by atoms with Crippen LogP contribution in [-0.2, 0) is 0 Å². The Morgan fingerprint density at radius 1 is 0.923 bits per heavy atom. The average molecular weight is 576 g/mol. The van der Waals surface area contributed by atoms with E-state index in [0.29, 0.717) is 22.8 Å². The van der Waals surface area contributed by atoms with Gasteiger partial charge in [-0.05, 0) is 141 Å².